The number of thioether (sulfide) groups is 1. The number of halogens is 1. The molecule has 1 aliphatic carbocycles. The number of rotatable bonds is 5. The van der Waals surface area contributed by atoms with Crippen LogP contribution in [0.25, 0.3) is 0 Å². The molecule has 0 heterocycles. The van der Waals surface area contributed by atoms with Crippen LogP contribution in [0.3, 0.4) is 0 Å². The van der Waals surface area contributed by atoms with Crippen molar-refractivity contribution in [1.82, 2.24) is 0 Å². The molecule has 2 aromatic rings. The standard InChI is InChI=1S/C19H22N2OS.ClH/c20-15-11-9-14(10-12-15)13-19(22)21-17-7-3-4-8-18(17)23-16-5-1-2-6-16;/h3-4,7-12,16H,1-2,5-6,13,20H2,(H,21,22);1H. The molecular formula is C19H23ClN2OS. The summed E-state index contributed by atoms with van der Waals surface area (Å²) in [7, 11) is 0. The van der Waals surface area contributed by atoms with Gasteiger partial charge in [-0.05, 0) is 42.7 Å². The summed E-state index contributed by atoms with van der Waals surface area (Å²) in [5, 5.41) is 3.74. The first-order chi connectivity index (χ1) is 11.2. The highest BCUT2D eigenvalue weighted by Gasteiger charge is 2.18. The average Bonchev–Trinajstić information content (AvgIpc) is 3.05. The lowest BCUT2D eigenvalue weighted by Gasteiger charge is -2.14. The minimum Gasteiger partial charge on any atom is -0.399 e. The fourth-order valence-electron chi connectivity index (χ4n) is 2.87. The van der Waals surface area contributed by atoms with Crippen LogP contribution < -0.4 is 11.1 Å². The Bertz CT molecular complexity index is 669. The molecule has 0 aliphatic heterocycles. The van der Waals surface area contributed by atoms with Crippen LogP contribution in [0.1, 0.15) is 31.2 Å². The minimum absolute atomic E-state index is 0. The number of hydrogen-bond donors (Lipinski definition) is 2. The highest BCUT2D eigenvalue weighted by atomic mass is 35.5. The van der Waals surface area contributed by atoms with Gasteiger partial charge in [-0.1, -0.05) is 37.1 Å². The van der Waals surface area contributed by atoms with Gasteiger partial charge in [-0.25, -0.2) is 0 Å². The molecule has 3 nitrogen and oxygen atoms in total. The van der Waals surface area contributed by atoms with Crippen LogP contribution >= 0.6 is 24.2 Å². The second-order valence-corrected chi connectivity index (χ2v) is 7.33. The number of carbonyl (C=O) groups is 1. The molecular weight excluding hydrogens is 340 g/mol. The number of benzene rings is 2. The van der Waals surface area contributed by atoms with E-state index in [1.165, 1.54) is 30.6 Å². The fourth-order valence-corrected chi connectivity index (χ4v) is 4.21. The summed E-state index contributed by atoms with van der Waals surface area (Å²) in [5.74, 6) is 0.00856. The van der Waals surface area contributed by atoms with E-state index in [-0.39, 0.29) is 18.3 Å². The van der Waals surface area contributed by atoms with Gasteiger partial charge >= 0.3 is 0 Å². The highest BCUT2D eigenvalue weighted by Crippen LogP contribution is 2.38. The summed E-state index contributed by atoms with van der Waals surface area (Å²) >= 11 is 1.90. The van der Waals surface area contributed by atoms with Crippen LogP contribution in [0, 0.1) is 0 Å². The SMILES string of the molecule is Cl.Nc1ccc(CC(=O)Nc2ccccc2SC2CCCC2)cc1. The summed E-state index contributed by atoms with van der Waals surface area (Å²) in [6.07, 6.45) is 5.56. The van der Waals surface area contributed by atoms with Crippen LogP contribution in [-0.2, 0) is 11.2 Å². The zero-order valence-corrected chi connectivity index (χ0v) is 15.2. The van der Waals surface area contributed by atoms with Gasteiger partial charge in [0.05, 0.1) is 12.1 Å². The van der Waals surface area contributed by atoms with Crippen LogP contribution in [0.15, 0.2) is 53.4 Å². The number of para-hydroxylation sites is 1. The van der Waals surface area contributed by atoms with Gasteiger partial charge in [0.15, 0.2) is 0 Å². The number of nitrogen functional groups attached to an aromatic ring is 1. The van der Waals surface area contributed by atoms with Crippen LogP contribution in [0.5, 0.6) is 0 Å². The molecule has 0 atom stereocenters. The second kappa shape index (κ2) is 9.00. The van der Waals surface area contributed by atoms with Gasteiger partial charge in [-0.2, -0.15) is 0 Å². The Labute approximate surface area is 153 Å². The number of nitrogens with one attached hydrogen (secondary N) is 1. The Morgan fingerprint density at radius 3 is 2.46 bits per heavy atom. The highest BCUT2D eigenvalue weighted by molar-refractivity contribution is 8.00. The maximum Gasteiger partial charge on any atom is 0.228 e. The quantitative estimate of drug-likeness (QED) is 0.743. The molecule has 0 spiro atoms. The summed E-state index contributed by atoms with van der Waals surface area (Å²) in [4.78, 5) is 13.5. The lowest BCUT2D eigenvalue weighted by molar-refractivity contribution is -0.115. The van der Waals surface area contributed by atoms with Gasteiger partial charge in [-0.3, -0.25) is 4.79 Å². The average molecular weight is 363 g/mol. The number of amides is 1. The molecule has 1 amide bonds. The van der Waals surface area contributed by atoms with E-state index < -0.39 is 0 Å². The first-order valence-corrected chi connectivity index (χ1v) is 8.98. The Hall–Kier alpha value is -1.65. The van der Waals surface area contributed by atoms with E-state index >= 15 is 0 Å². The van der Waals surface area contributed by atoms with Crippen molar-refractivity contribution in [2.75, 3.05) is 11.1 Å². The van der Waals surface area contributed by atoms with Crippen molar-refractivity contribution in [1.29, 1.82) is 0 Å². The molecule has 3 N–H and O–H groups in total. The molecule has 1 aliphatic rings. The molecule has 1 saturated carbocycles. The van der Waals surface area contributed by atoms with Gasteiger partial charge in [0.25, 0.3) is 0 Å². The second-order valence-electron chi connectivity index (χ2n) is 5.99. The number of anilines is 2. The molecule has 128 valence electrons. The topological polar surface area (TPSA) is 55.1 Å². The molecule has 0 bridgehead atoms. The molecule has 0 unspecified atom stereocenters. The first-order valence-electron chi connectivity index (χ1n) is 8.10. The third kappa shape index (κ3) is 5.18. The van der Waals surface area contributed by atoms with Gasteiger partial charge in [-0.15, -0.1) is 24.2 Å². The molecule has 0 radical (unpaired) electrons. The van der Waals surface area contributed by atoms with E-state index in [0.717, 1.165) is 11.3 Å². The Morgan fingerprint density at radius 2 is 1.75 bits per heavy atom. The Balaban J connectivity index is 0.00000208. The van der Waals surface area contributed by atoms with Crippen molar-refractivity contribution in [3.05, 3.63) is 54.1 Å². The normalized spacial score (nSPS) is 14.2. The third-order valence-electron chi connectivity index (χ3n) is 4.10. The first kappa shape index (κ1) is 18.7. The molecule has 5 heteroatoms. The predicted octanol–water partition coefficient (Wildman–Crippen LogP) is 4.91. The summed E-state index contributed by atoms with van der Waals surface area (Å²) < 4.78 is 0. The number of carbonyl (C=O) groups excluding carboxylic acids is 1. The predicted molar refractivity (Wildman–Crippen MR) is 105 cm³/mol. The Kier molecular flexibility index (Phi) is 7.00. The molecule has 1 fully saturated rings. The third-order valence-corrected chi connectivity index (χ3v) is 5.52. The summed E-state index contributed by atoms with van der Waals surface area (Å²) in [6.45, 7) is 0. The van der Waals surface area contributed by atoms with Crippen molar-refractivity contribution in [3.63, 3.8) is 0 Å². The number of hydrogen-bond acceptors (Lipinski definition) is 3. The van der Waals surface area contributed by atoms with Gasteiger partial charge in [0.1, 0.15) is 0 Å². The van der Waals surface area contributed by atoms with E-state index in [1.54, 1.807) is 0 Å². The van der Waals surface area contributed by atoms with Crippen molar-refractivity contribution < 1.29 is 4.79 Å². The van der Waals surface area contributed by atoms with E-state index in [4.69, 9.17) is 5.73 Å². The minimum atomic E-state index is 0. The van der Waals surface area contributed by atoms with Crippen LogP contribution in [0.2, 0.25) is 0 Å². The van der Waals surface area contributed by atoms with Gasteiger partial charge in [0, 0.05) is 15.8 Å². The number of nitrogens with two attached hydrogens (primary N) is 1. The molecule has 0 saturated heterocycles. The van der Waals surface area contributed by atoms with E-state index in [1.807, 2.05) is 54.2 Å². The lowest BCUT2D eigenvalue weighted by Crippen LogP contribution is -2.15. The van der Waals surface area contributed by atoms with E-state index in [0.29, 0.717) is 17.4 Å². The summed E-state index contributed by atoms with van der Waals surface area (Å²) in [5.41, 5.74) is 8.28. The zero-order chi connectivity index (χ0) is 16.1. The molecule has 3 rings (SSSR count). The lowest BCUT2D eigenvalue weighted by atomic mass is 10.1. The molecule has 24 heavy (non-hydrogen) atoms. The Morgan fingerprint density at radius 1 is 1.08 bits per heavy atom. The monoisotopic (exact) mass is 362 g/mol. The van der Waals surface area contributed by atoms with Crippen molar-refractivity contribution in [2.45, 2.75) is 42.2 Å². The largest absolute Gasteiger partial charge is 0.399 e. The van der Waals surface area contributed by atoms with Crippen molar-refractivity contribution in [2.24, 2.45) is 0 Å². The van der Waals surface area contributed by atoms with Gasteiger partial charge < -0.3 is 11.1 Å². The molecule has 2 aromatic carbocycles. The molecule has 0 aromatic heterocycles. The smallest absolute Gasteiger partial charge is 0.228 e. The van der Waals surface area contributed by atoms with Crippen LogP contribution in [0.4, 0.5) is 11.4 Å². The van der Waals surface area contributed by atoms with Crippen LogP contribution in [-0.4, -0.2) is 11.2 Å². The van der Waals surface area contributed by atoms with E-state index in [2.05, 4.69) is 11.4 Å². The van der Waals surface area contributed by atoms with Crippen molar-refractivity contribution >= 4 is 41.5 Å². The maximum atomic E-state index is 12.3. The summed E-state index contributed by atoms with van der Waals surface area (Å²) in [6, 6.07) is 15.5. The fraction of sp³-hybridized carbons (Fsp3) is 0.316. The van der Waals surface area contributed by atoms with Gasteiger partial charge in [0.2, 0.25) is 5.91 Å². The maximum absolute atomic E-state index is 12.3. The van der Waals surface area contributed by atoms with E-state index in [9.17, 15) is 4.79 Å². The zero-order valence-electron chi connectivity index (χ0n) is 13.5. The van der Waals surface area contributed by atoms with Crippen molar-refractivity contribution in [3.8, 4) is 0 Å².